The molecule has 0 bridgehead atoms. The van der Waals surface area contributed by atoms with E-state index in [9.17, 15) is 0 Å². The third-order valence-electron chi connectivity index (χ3n) is 2.93. The van der Waals surface area contributed by atoms with Gasteiger partial charge in [0, 0.05) is 6.54 Å². The number of halogens is 2. The molecule has 17 heavy (non-hydrogen) atoms. The molecule has 0 aliphatic carbocycles. The molecule has 0 saturated carbocycles. The molecule has 1 unspecified atom stereocenters. The maximum atomic E-state index is 6.21. The molecule has 1 N–H and O–H groups in total. The van der Waals surface area contributed by atoms with Crippen LogP contribution in [0.3, 0.4) is 0 Å². The van der Waals surface area contributed by atoms with E-state index < -0.39 is 0 Å². The third-order valence-corrected chi connectivity index (χ3v) is 3.23. The minimum absolute atomic E-state index is 0. The highest BCUT2D eigenvalue weighted by atomic mass is 35.5. The predicted octanol–water partition coefficient (Wildman–Crippen LogP) is 3.63. The van der Waals surface area contributed by atoms with Gasteiger partial charge in [0.2, 0.25) is 0 Å². The van der Waals surface area contributed by atoms with Gasteiger partial charge < -0.3 is 10.1 Å². The van der Waals surface area contributed by atoms with E-state index in [4.69, 9.17) is 16.3 Å². The summed E-state index contributed by atoms with van der Waals surface area (Å²) >= 11 is 6.21. The summed E-state index contributed by atoms with van der Waals surface area (Å²) in [5, 5.41) is 3.99. The van der Waals surface area contributed by atoms with Crippen molar-refractivity contribution in [2.75, 3.05) is 13.1 Å². The fourth-order valence-electron chi connectivity index (χ4n) is 1.88. The number of rotatable bonds is 3. The lowest BCUT2D eigenvalue weighted by atomic mass is 10.0. The van der Waals surface area contributed by atoms with Gasteiger partial charge in [-0.3, -0.25) is 0 Å². The van der Waals surface area contributed by atoms with Crippen LogP contribution in [0, 0.1) is 0 Å². The standard InChI is InChI=1S/C13H18ClNO.ClH/c1-9(2)10-3-4-13(12(14)7-10)16-11-5-6-15-8-11;/h3-4,7,9,11,15H,5-6,8H2,1-2H3;1H. The molecule has 0 radical (unpaired) electrons. The molecule has 1 atom stereocenters. The molecule has 1 aromatic carbocycles. The Morgan fingerprint density at radius 3 is 2.71 bits per heavy atom. The van der Waals surface area contributed by atoms with E-state index in [1.165, 1.54) is 5.56 Å². The summed E-state index contributed by atoms with van der Waals surface area (Å²) in [5.74, 6) is 1.31. The molecule has 4 heteroatoms. The Morgan fingerprint density at radius 1 is 1.41 bits per heavy atom. The quantitative estimate of drug-likeness (QED) is 0.910. The molecule has 1 aromatic rings. The fourth-order valence-corrected chi connectivity index (χ4v) is 2.11. The van der Waals surface area contributed by atoms with Crippen LogP contribution in [0.25, 0.3) is 0 Å². The molecule has 1 aliphatic rings. The maximum absolute atomic E-state index is 6.21. The van der Waals surface area contributed by atoms with Crippen LogP contribution in [0.1, 0.15) is 31.7 Å². The normalized spacial score (nSPS) is 19.2. The zero-order valence-corrected chi connectivity index (χ0v) is 11.8. The molecular formula is C13H19Cl2NO. The highest BCUT2D eigenvalue weighted by Crippen LogP contribution is 2.29. The minimum atomic E-state index is 0. The van der Waals surface area contributed by atoms with Gasteiger partial charge in [-0.15, -0.1) is 12.4 Å². The first-order chi connectivity index (χ1) is 7.66. The highest BCUT2D eigenvalue weighted by molar-refractivity contribution is 6.32. The van der Waals surface area contributed by atoms with Crippen LogP contribution in [0.15, 0.2) is 18.2 Å². The lowest BCUT2D eigenvalue weighted by Crippen LogP contribution is -2.19. The molecule has 1 saturated heterocycles. The van der Waals surface area contributed by atoms with Crippen LogP contribution in [0.2, 0.25) is 5.02 Å². The van der Waals surface area contributed by atoms with Crippen molar-refractivity contribution < 1.29 is 4.74 Å². The van der Waals surface area contributed by atoms with Gasteiger partial charge in [-0.05, 0) is 36.6 Å². The van der Waals surface area contributed by atoms with Crippen LogP contribution in [0.5, 0.6) is 5.75 Å². The lowest BCUT2D eigenvalue weighted by Gasteiger charge is -2.15. The lowest BCUT2D eigenvalue weighted by molar-refractivity contribution is 0.223. The fraction of sp³-hybridized carbons (Fsp3) is 0.538. The zero-order chi connectivity index (χ0) is 11.5. The van der Waals surface area contributed by atoms with Crippen molar-refractivity contribution in [2.45, 2.75) is 32.3 Å². The monoisotopic (exact) mass is 275 g/mol. The minimum Gasteiger partial charge on any atom is -0.487 e. The van der Waals surface area contributed by atoms with Crippen molar-refractivity contribution in [1.82, 2.24) is 5.32 Å². The number of nitrogens with one attached hydrogen (secondary N) is 1. The summed E-state index contributed by atoms with van der Waals surface area (Å²) < 4.78 is 5.85. The molecule has 1 fully saturated rings. The van der Waals surface area contributed by atoms with Gasteiger partial charge in [-0.1, -0.05) is 31.5 Å². The van der Waals surface area contributed by atoms with E-state index >= 15 is 0 Å². The predicted molar refractivity (Wildman–Crippen MR) is 74.7 cm³/mol. The smallest absolute Gasteiger partial charge is 0.138 e. The molecule has 1 heterocycles. The van der Waals surface area contributed by atoms with Crippen molar-refractivity contribution in [3.63, 3.8) is 0 Å². The summed E-state index contributed by atoms with van der Waals surface area (Å²) in [6.07, 6.45) is 1.32. The van der Waals surface area contributed by atoms with E-state index in [0.717, 1.165) is 30.3 Å². The van der Waals surface area contributed by atoms with Gasteiger partial charge in [0.05, 0.1) is 5.02 Å². The molecule has 0 spiro atoms. The Labute approximate surface area is 114 Å². The van der Waals surface area contributed by atoms with E-state index in [2.05, 4.69) is 25.2 Å². The summed E-state index contributed by atoms with van der Waals surface area (Å²) in [7, 11) is 0. The van der Waals surface area contributed by atoms with E-state index in [-0.39, 0.29) is 18.5 Å². The van der Waals surface area contributed by atoms with Crippen molar-refractivity contribution >= 4 is 24.0 Å². The summed E-state index contributed by atoms with van der Waals surface area (Å²) in [6.45, 7) is 6.27. The van der Waals surface area contributed by atoms with E-state index in [1.54, 1.807) is 0 Å². The molecule has 0 amide bonds. The largest absolute Gasteiger partial charge is 0.487 e. The summed E-state index contributed by atoms with van der Waals surface area (Å²) in [4.78, 5) is 0. The number of hydrogen-bond donors (Lipinski definition) is 1. The summed E-state index contributed by atoms with van der Waals surface area (Å²) in [6, 6.07) is 6.08. The maximum Gasteiger partial charge on any atom is 0.138 e. The number of hydrogen-bond acceptors (Lipinski definition) is 2. The summed E-state index contributed by atoms with van der Waals surface area (Å²) in [5.41, 5.74) is 1.25. The van der Waals surface area contributed by atoms with Crippen LogP contribution in [0.4, 0.5) is 0 Å². The van der Waals surface area contributed by atoms with Crippen molar-refractivity contribution in [2.24, 2.45) is 0 Å². The Hall–Kier alpha value is -0.440. The van der Waals surface area contributed by atoms with Gasteiger partial charge in [0.25, 0.3) is 0 Å². The van der Waals surface area contributed by atoms with E-state index in [1.807, 2.05) is 12.1 Å². The van der Waals surface area contributed by atoms with Crippen LogP contribution in [-0.4, -0.2) is 19.2 Å². The molecular weight excluding hydrogens is 257 g/mol. The average Bonchev–Trinajstić information content (AvgIpc) is 2.73. The van der Waals surface area contributed by atoms with Gasteiger partial charge in [0.1, 0.15) is 11.9 Å². The van der Waals surface area contributed by atoms with Gasteiger partial charge in [0.15, 0.2) is 0 Å². The van der Waals surface area contributed by atoms with Crippen LogP contribution in [-0.2, 0) is 0 Å². The Balaban J connectivity index is 0.00000144. The van der Waals surface area contributed by atoms with Gasteiger partial charge in [-0.2, -0.15) is 0 Å². The second-order valence-electron chi connectivity index (χ2n) is 4.58. The van der Waals surface area contributed by atoms with E-state index in [0.29, 0.717) is 5.92 Å². The third kappa shape index (κ3) is 3.77. The second-order valence-corrected chi connectivity index (χ2v) is 4.98. The first kappa shape index (κ1) is 14.6. The van der Waals surface area contributed by atoms with Gasteiger partial charge in [-0.25, -0.2) is 0 Å². The molecule has 0 aromatic heterocycles. The molecule has 2 nitrogen and oxygen atoms in total. The number of ether oxygens (including phenoxy) is 1. The Morgan fingerprint density at radius 2 is 2.18 bits per heavy atom. The van der Waals surface area contributed by atoms with Crippen LogP contribution < -0.4 is 10.1 Å². The second kappa shape index (κ2) is 6.48. The topological polar surface area (TPSA) is 21.3 Å². The highest BCUT2D eigenvalue weighted by Gasteiger charge is 2.17. The van der Waals surface area contributed by atoms with Crippen LogP contribution >= 0.6 is 24.0 Å². The van der Waals surface area contributed by atoms with Crippen molar-refractivity contribution in [1.29, 1.82) is 0 Å². The Bertz CT molecular complexity index is 362. The zero-order valence-electron chi connectivity index (χ0n) is 10.2. The molecule has 96 valence electrons. The number of benzene rings is 1. The SMILES string of the molecule is CC(C)c1ccc(OC2CCNC2)c(Cl)c1.Cl. The Kier molecular flexibility index (Phi) is 5.57. The molecule has 2 rings (SSSR count). The first-order valence-corrected chi connectivity index (χ1v) is 6.21. The average molecular weight is 276 g/mol. The van der Waals surface area contributed by atoms with Gasteiger partial charge >= 0.3 is 0 Å². The first-order valence-electron chi connectivity index (χ1n) is 5.83. The van der Waals surface area contributed by atoms with Crippen molar-refractivity contribution in [3.8, 4) is 5.75 Å². The molecule has 1 aliphatic heterocycles. The van der Waals surface area contributed by atoms with Crippen molar-refractivity contribution in [3.05, 3.63) is 28.8 Å².